The molecule has 1 unspecified atom stereocenters. The largest absolute Gasteiger partial charge is 0.460 e. The maximum Gasteiger partial charge on any atom is 0.378 e. The van der Waals surface area contributed by atoms with Crippen molar-refractivity contribution in [1.29, 1.82) is 0 Å². The van der Waals surface area contributed by atoms with Crippen LogP contribution in [0.3, 0.4) is 0 Å². The number of aromatic nitrogens is 3. The number of hydrogen-bond acceptors (Lipinski definition) is 5. The van der Waals surface area contributed by atoms with Gasteiger partial charge in [-0.25, -0.2) is 9.78 Å². The van der Waals surface area contributed by atoms with E-state index in [0.717, 1.165) is 13.0 Å². The molecule has 0 spiro atoms. The summed E-state index contributed by atoms with van der Waals surface area (Å²) < 4.78 is 4.88. The number of aromatic amines is 1. The fourth-order valence-electron chi connectivity index (χ4n) is 2.36. The summed E-state index contributed by atoms with van der Waals surface area (Å²) in [5.41, 5.74) is 2.60. The number of benzene rings is 1. The van der Waals surface area contributed by atoms with Crippen LogP contribution in [0.25, 0.3) is 0 Å². The van der Waals surface area contributed by atoms with Crippen LogP contribution >= 0.6 is 0 Å². The number of rotatable bonds is 3. The lowest BCUT2D eigenvalue weighted by atomic mass is 9.96. The lowest BCUT2D eigenvalue weighted by Crippen LogP contribution is -2.29. The van der Waals surface area contributed by atoms with Gasteiger partial charge >= 0.3 is 5.97 Å². The molecule has 2 heterocycles. The molecule has 6 heteroatoms. The first-order valence-electron chi connectivity index (χ1n) is 6.67. The van der Waals surface area contributed by atoms with Gasteiger partial charge in [0.2, 0.25) is 0 Å². The number of nitrogens with one attached hydrogen (secondary N) is 2. The molecule has 0 fully saturated rings. The van der Waals surface area contributed by atoms with E-state index in [-0.39, 0.29) is 11.9 Å². The lowest BCUT2D eigenvalue weighted by Gasteiger charge is -2.24. The Kier molecular flexibility index (Phi) is 3.47. The molecule has 1 aliphatic heterocycles. The summed E-state index contributed by atoms with van der Waals surface area (Å²) in [6.07, 6.45) is 0.827. The first-order chi connectivity index (χ1) is 9.78. The molecule has 0 aliphatic carbocycles. The number of carbonyl (C=O) groups is 1. The molecule has 1 atom stereocenters. The van der Waals surface area contributed by atoms with Crippen molar-refractivity contribution >= 4 is 5.97 Å². The first kappa shape index (κ1) is 12.8. The summed E-state index contributed by atoms with van der Waals surface area (Å²) in [6.45, 7) is 2.86. The van der Waals surface area contributed by atoms with Crippen LogP contribution in [0.5, 0.6) is 0 Å². The molecule has 0 bridgehead atoms. The van der Waals surface area contributed by atoms with Gasteiger partial charge in [0.05, 0.1) is 12.6 Å². The maximum absolute atomic E-state index is 11.6. The molecule has 0 saturated carbocycles. The van der Waals surface area contributed by atoms with Gasteiger partial charge in [-0.05, 0) is 24.5 Å². The average Bonchev–Trinajstić information content (AvgIpc) is 2.97. The predicted octanol–water partition coefficient (Wildman–Crippen LogP) is 1.37. The lowest BCUT2D eigenvalue weighted by molar-refractivity contribution is 0.0512. The Hall–Kier alpha value is -2.21. The number of fused-ring (bicyclic) bond motifs is 1. The minimum absolute atomic E-state index is 0.0422. The Morgan fingerprint density at radius 2 is 2.20 bits per heavy atom. The summed E-state index contributed by atoms with van der Waals surface area (Å²) >= 11 is 0. The summed E-state index contributed by atoms with van der Waals surface area (Å²) in [5, 5.41) is 10.1. The molecule has 1 aromatic heterocycles. The third kappa shape index (κ3) is 2.42. The molecule has 1 aromatic carbocycles. The van der Waals surface area contributed by atoms with Gasteiger partial charge in [0.1, 0.15) is 5.82 Å². The fourth-order valence-corrected chi connectivity index (χ4v) is 2.36. The summed E-state index contributed by atoms with van der Waals surface area (Å²) in [6, 6.07) is 8.34. The molecular formula is C14H16N4O2. The molecule has 2 aromatic rings. The average molecular weight is 272 g/mol. The highest BCUT2D eigenvalue weighted by atomic mass is 16.5. The molecule has 6 nitrogen and oxygen atoms in total. The normalized spacial score (nSPS) is 17.6. The van der Waals surface area contributed by atoms with Crippen LogP contribution < -0.4 is 5.32 Å². The highest BCUT2D eigenvalue weighted by Gasteiger charge is 2.23. The van der Waals surface area contributed by atoms with Crippen molar-refractivity contribution in [2.75, 3.05) is 6.61 Å². The highest BCUT2D eigenvalue weighted by Crippen LogP contribution is 2.23. The standard InChI is InChI=1S/C14H16N4O2/c1-2-20-14(19)13-16-12(17-18-13)11-7-9-5-3-4-6-10(9)8-15-11/h3-6,11,15H,2,7-8H2,1H3,(H,16,17,18). The summed E-state index contributed by atoms with van der Waals surface area (Å²) in [4.78, 5) is 15.8. The maximum atomic E-state index is 11.6. The summed E-state index contributed by atoms with van der Waals surface area (Å²) in [7, 11) is 0. The SMILES string of the molecule is CCOC(=O)c1n[nH]c(C2Cc3ccccc3CN2)n1. The topological polar surface area (TPSA) is 79.9 Å². The quantitative estimate of drug-likeness (QED) is 0.825. The van der Waals surface area contributed by atoms with E-state index in [1.54, 1.807) is 6.92 Å². The zero-order valence-electron chi connectivity index (χ0n) is 11.2. The van der Waals surface area contributed by atoms with E-state index in [0.29, 0.717) is 12.4 Å². The van der Waals surface area contributed by atoms with Crippen molar-refractivity contribution in [3.05, 3.63) is 47.0 Å². The van der Waals surface area contributed by atoms with Gasteiger partial charge in [0, 0.05) is 6.54 Å². The van der Waals surface area contributed by atoms with Gasteiger partial charge < -0.3 is 10.1 Å². The second kappa shape index (κ2) is 5.42. The van der Waals surface area contributed by atoms with Gasteiger partial charge in [0.25, 0.3) is 5.82 Å². The second-order valence-electron chi connectivity index (χ2n) is 4.67. The molecule has 2 N–H and O–H groups in total. The molecule has 3 rings (SSSR count). The molecule has 20 heavy (non-hydrogen) atoms. The second-order valence-corrected chi connectivity index (χ2v) is 4.67. The number of hydrogen-bond donors (Lipinski definition) is 2. The Morgan fingerprint density at radius 1 is 1.40 bits per heavy atom. The van der Waals surface area contributed by atoms with E-state index in [9.17, 15) is 4.79 Å². The van der Waals surface area contributed by atoms with Crippen molar-refractivity contribution in [1.82, 2.24) is 20.5 Å². The molecule has 0 saturated heterocycles. The van der Waals surface area contributed by atoms with Crippen molar-refractivity contribution < 1.29 is 9.53 Å². The Labute approximate surface area is 116 Å². The van der Waals surface area contributed by atoms with E-state index in [2.05, 4.69) is 32.6 Å². The third-order valence-electron chi connectivity index (χ3n) is 3.37. The van der Waals surface area contributed by atoms with Gasteiger partial charge in [0.15, 0.2) is 0 Å². The van der Waals surface area contributed by atoms with E-state index in [4.69, 9.17) is 4.74 Å². The zero-order chi connectivity index (χ0) is 13.9. The predicted molar refractivity (Wildman–Crippen MR) is 72.1 cm³/mol. The monoisotopic (exact) mass is 272 g/mol. The van der Waals surface area contributed by atoms with Crippen molar-refractivity contribution in [2.45, 2.75) is 25.9 Å². The Bertz CT molecular complexity index is 623. The molecule has 1 aliphatic rings. The smallest absolute Gasteiger partial charge is 0.378 e. The molecular weight excluding hydrogens is 256 g/mol. The number of nitrogens with zero attached hydrogens (tertiary/aromatic N) is 2. The van der Waals surface area contributed by atoms with Crippen molar-refractivity contribution in [3.8, 4) is 0 Å². The van der Waals surface area contributed by atoms with Crippen LogP contribution in [0.1, 0.15) is 40.5 Å². The number of esters is 1. The van der Waals surface area contributed by atoms with Crippen molar-refractivity contribution in [3.63, 3.8) is 0 Å². The molecule has 0 amide bonds. The minimum Gasteiger partial charge on any atom is -0.460 e. The first-order valence-corrected chi connectivity index (χ1v) is 6.67. The zero-order valence-corrected chi connectivity index (χ0v) is 11.2. The number of carbonyl (C=O) groups excluding carboxylic acids is 1. The minimum atomic E-state index is -0.494. The van der Waals surface area contributed by atoms with E-state index in [1.165, 1.54) is 11.1 Å². The Balaban J connectivity index is 1.77. The molecule has 0 radical (unpaired) electrons. The summed E-state index contributed by atoms with van der Waals surface area (Å²) in [5.74, 6) is 0.260. The van der Waals surface area contributed by atoms with Crippen LogP contribution in [0.15, 0.2) is 24.3 Å². The Morgan fingerprint density at radius 3 is 3.00 bits per heavy atom. The van der Waals surface area contributed by atoms with Crippen LogP contribution in [0.4, 0.5) is 0 Å². The molecule has 104 valence electrons. The van der Waals surface area contributed by atoms with Gasteiger partial charge in [-0.2, -0.15) is 0 Å². The van der Waals surface area contributed by atoms with Crippen LogP contribution in [-0.4, -0.2) is 27.8 Å². The van der Waals surface area contributed by atoms with Gasteiger partial charge in [-0.3, -0.25) is 5.10 Å². The van der Waals surface area contributed by atoms with Crippen LogP contribution in [-0.2, 0) is 17.7 Å². The van der Waals surface area contributed by atoms with E-state index < -0.39 is 5.97 Å². The van der Waals surface area contributed by atoms with Gasteiger partial charge in [-0.15, -0.1) is 5.10 Å². The highest BCUT2D eigenvalue weighted by molar-refractivity contribution is 5.84. The van der Waals surface area contributed by atoms with Gasteiger partial charge in [-0.1, -0.05) is 24.3 Å². The van der Waals surface area contributed by atoms with Crippen LogP contribution in [0, 0.1) is 0 Å². The number of H-pyrrole nitrogens is 1. The van der Waals surface area contributed by atoms with Crippen molar-refractivity contribution in [2.24, 2.45) is 0 Å². The number of ether oxygens (including phenoxy) is 1. The van der Waals surface area contributed by atoms with Crippen LogP contribution in [0.2, 0.25) is 0 Å². The third-order valence-corrected chi connectivity index (χ3v) is 3.37. The fraction of sp³-hybridized carbons (Fsp3) is 0.357. The van der Waals surface area contributed by atoms with E-state index in [1.807, 2.05) is 12.1 Å². The van der Waals surface area contributed by atoms with E-state index >= 15 is 0 Å².